The molecule has 1 rings (SSSR count). The van der Waals surface area contributed by atoms with Crippen LogP contribution in [0.3, 0.4) is 0 Å². The van der Waals surface area contributed by atoms with E-state index in [2.05, 4.69) is 4.74 Å². The second kappa shape index (κ2) is 9.92. The standard InChI is InChI=1S/C8H17O9P.2Na/c1-16-8-6(12)4(10)5(11)7(17-8)3(9)2-18(13,14)15;;/h3-12H,2H2,1H3,(H2,13,14,15);;/q;2*+1/p-2/t3-,4-,5-,6-,7+,8-;;/m0../s1. The molecule has 0 bridgehead atoms. The second-order valence-electron chi connectivity index (χ2n) is 4.04. The Kier molecular flexibility index (Phi) is 12.0. The predicted molar refractivity (Wildman–Crippen MR) is 52.2 cm³/mol. The van der Waals surface area contributed by atoms with Crippen LogP contribution in [-0.2, 0) is 14.0 Å². The van der Waals surface area contributed by atoms with Gasteiger partial charge in [-0.05, 0) is 0 Å². The summed E-state index contributed by atoms with van der Waals surface area (Å²) in [5, 5.41) is 37.9. The van der Waals surface area contributed by atoms with E-state index in [0.29, 0.717) is 0 Å². The molecule has 4 N–H and O–H groups in total. The van der Waals surface area contributed by atoms with E-state index in [1.807, 2.05) is 0 Å². The molecule has 1 aliphatic heterocycles. The third-order valence-corrected chi connectivity index (χ3v) is 3.45. The molecule has 0 amide bonds. The van der Waals surface area contributed by atoms with Crippen LogP contribution < -0.4 is 68.9 Å². The Morgan fingerprint density at radius 2 is 1.70 bits per heavy atom. The Morgan fingerprint density at radius 3 is 2.10 bits per heavy atom. The summed E-state index contributed by atoms with van der Waals surface area (Å²) in [6, 6.07) is 0. The summed E-state index contributed by atoms with van der Waals surface area (Å²) in [5.41, 5.74) is 0. The quantitative estimate of drug-likeness (QED) is 0.289. The second-order valence-corrected chi connectivity index (χ2v) is 5.62. The maximum absolute atomic E-state index is 10.5. The van der Waals surface area contributed by atoms with Gasteiger partial charge in [-0.15, -0.1) is 0 Å². The van der Waals surface area contributed by atoms with Crippen molar-refractivity contribution in [2.75, 3.05) is 13.3 Å². The largest absolute Gasteiger partial charge is 1.00 e. The van der Waals surface area contributed by atoms with Gasteiger partial charge in [-0.2, -0.15) is 0 Å². The Bertz CT molecular complexity index is 325. The average Bonchev–Trinajstić information content (AvgIpc) is 2.24. The molecule has 1 fully saturated rings. The van der Waals surface area contributed by atoms with Gasteiger partial charge < -0.3 is 44.3 Å². The molecule has 108 valence electrons. The Morgan fingerprint density at radius 1 is 1.20 bits per heavy atom. The first-order chi connectivity index (χ1) is 8.17. The maximum atomic E-state index is 10.5. The zero-order valence-corrected chi connectivity index (χ0v) is 16.3. The maximum Gasteiger partial charge on any atom is 1.00 e. The van der Waals surface area contributed by atoms with Crippen LogP contribution in [0, 0.1) is 0 Å². The Labute approximate surface area is 160 Å². The molecule has 0 spiro atoms. The molecule has 12 heteroatoms. The molecule has 0 aliphatic carbocycles. The fourth-order valence-corrected chi connectivity index (χ4v) is 2.39. The first kappa shape index (κ1) is 24.2. The molecular formula is C8H15Na2O9P. The summed E-state index contributed by atoms with van der Waals surface area (Å²) in [6.07, 6.45) is -10.9. The number of methoxy groups -OCH3 is 1. The summed E-state index contributed by atoms with van der Waals surface area (Å²) >= 11 is 0. The van der Waals surface area contributed by atoms with Crippen LogP contribution in [0.15, 0.2) is 0 Å². The fraction of sp³-hybridized carbons (Fsp3) is 1.00. The molecule has 0 aromatic rings. The van der Waals surface area contributed by atoms with Gasteiger partial charge in [0.2, 0.25) is 0 Å². The molecule has 1 aliphatic rings. The van der Waals surface area contributed by atoms with Crippen LogP contribution in [-0.4, -0.2) is 70.5 Å². The van der Waals surface area contributed by atoms with E-state index in [1.165, 1.54) is 0 Å². The summed E-state index contributed by atoms with van der Waals surface area (Å²) in [5.74, 6) is 0. The van der Waals surface area contributed by atoms with Crippen molar-refractivity contribution in [1.82, 2.24) is 0 Å². The number of aliphatic hydroxyl groups is 4. The van der Waals surface area contributed by atoms with Gasteiger partial charge in [0.05, 0.1) is 6.10 Å². The molecule has 1 heterocycles. The summed E-state index contributed by atoms with van der Waals surface area (Å²) < 4.78 is 20.1. The monoisotopic (exact) mass is 332 g/mol. The van der Waals surface area contributed by atoms with Crippen molar-refractivity contribution in [3.8, 4) is 0 Å². The first-order valence-electron chi connectivity index (χ1n) is 5.09. The van der Waals surface area contributed by atoms with Gasteiger partial charge in [-0.3, -0.25) is 0 Å². The average molecular weight is 332 g/mol. The van der Waals surface area contributed by atoms with Crippen LogP contribution in [0.1, 0.15) is 0 Å². The van der Waals surface area contributed by atoms with Gasteiger partial charge in [0.15, 0.2) is 6.29 Å². The van der Waals surface area contributed by atoms with Gasteiger partial charge in [0.1, 0.15) is 24.4 Å². The normalized spacial score (nSPS) is 35.6. The predicted octanol–water partition coefficient (Wildman–Crippen LogP) is -10.3. The van der Waals surface area contributed by atoms with E-state index in [-0.39, 0.29) is 59.1 Å². The molecule has 0 unspecified atom stereocenters. The Hall–Kier alpha value is 1.91. The molecule has 1 saturated heterocycles. The van der Waals surface area contributed by atoms with E-state index in [0.717, 1.165) is 7.11 Å². The van der Waals surface area contributed by atoms with E-state index in [9.17, 15) is 34.8 Å². The van der Waals surface area contributed by atoms with Crippen molar-refractivity contribution >= 4 is 7.60 Å². The van der Waals surface area contributed by atoms with Crippen molar-refractivity contribution < 1.29 is 103 Å². The van der Waals surface area contributed by atoms with Crippen molar-refractivity contribution in [3.05, 3.63) is 0 Å². The zero-order chi connectivity index (χ0) is 14.1. The van der Waals surface area contributed by atoms with Crippen molar-refractivity contribution in [2.24, 2.45) is 0 Å². The smallest absolute Gasteiger partial charge is 0.811 e. The van der Waals surface area contributed by atoms with Crippen LogP contribution >= 0.6 is 7.60 Å². The molecule has 6 atom stereocenters. The topological polar surface area (TPSA) is 163 Å². The number of hydrogen-bond acceptors (Lipinski definition) is 9. The van der Waals surface area contributed by atoms with Crippen LogP contribution in [0.2, 0.25) is 0 Å². The minimum absolute atomic E-state index is 0. The minimum atomic E-state index is -5.00. The molecule has 0 radical (unpaired) electrons. The first-order valence-corrected chi connectivity index (χ1v) is 6.81. The van der Waals surface area contributed by atoms with Gasteiger partial charge in [0, 0.05) is 13.3 Å². The minimum Gasteiger partial charge on any atom is -0.811 e. The van der Waals surface area contributed by atoms with Gasteiger partial charge in [0.25, 0.3) is 0 Å². The third-order valence-electron chi connectivity index (χ3n) is 2.63. The molecule has 20 heavy (non-hydrogen) atoms. The summed E-state index contributed by atoms with van der Waals surface area (Å²) in [7, 11) is -3.86. The van der Waals surface area contributed by atoms with Gasteiger partial charge >= 0.3 is 59.1 Å². The molecule has 0 saturated carbocycles. The van der Waals surface area contributed by atoms with Crippen LogP contribution in [0.4, 0.5) is 0 Å². The van der Waals surface area contributed by atoms with Crippen molar-refractivity contribution in [2.45, 2.75) is 36.8 Å². The summed E-state index contributed by atoms with van der Waals surface area (Å²) in [6.45, 7) is 0. The van der Waals surface area contributed by atoms with E-state index in [1.54, 1.807) is 0 Å². The van der Waals surface area contributed by atoms with Crippen molar-refractivity contribution in [1.29, 1.82) is 0 Å². The number of hydrogen-bond donors (Lipinski definition) is 4. The van der Waals surface area contributed by atoms with E-state index < -0.39 is 50.6 Å². The molecule has 0 aromatic carbocycles. The number of rotatable bonds is 4. The van der Waals surface area contributed by atoms with E-state index in [4.69, 9.17) is 4.74 Å². The van der Waals surface area contributed by atoms with Gasteiger partial charge in [-0.25, -0.2) is 0 Å². The third kappa shape index (κ3) is 6.57. The van der Waals surface area contributed by atoms with E-state index >= 15 is 0 Å². The van der Waals surface area contributed by atoms with Crippen molar-refractivity contribution in [3.63, 3.8) is 0 Å². The molecule has 9 nitrogen and oxygen atoms in total. The number of aliphatic hydroxyl groups excluding tert-OH is 4. The Balaban J connectivity index is 0. The molecule has 0 aromatic heterocycles. The van der Waals surface area contributed by atoms with Crippen LogP contribution in [0.5, 0.6) is 0 Å². The fourth-order valence-electron chi connectivity index (χ4n) is 1.72. The van der Waals surface area contributed by atoms with Gasteiger partial charge in [-0.1, -0.05) is 7.60 Å². The SMILES string of the molecule is CO[C@H]1O[C@H]([C@@H](O)CP(=O)([O-])[O-])[C@@H](O)[C@H](O)[C@@H]1O.[Na+].[Na+]. The summed E-state index contributed by atoms with van der Waals surface area (Å²) in [4.78, 5) is 21.0. The molecular weight excluding hydrogens is 317 g/mol. The zero-order valence-electron chi connectivity index (χ0n) is 11.4. The van der Waals surface area contributed by atoms with Crippen LogP contribution in [0.25, 0.3) is 0 Å². The number of ether oxygens (including phenoxy) is 2.